The summed E-state index contributed by atoms with van der Waals surface area (Å²) in [5.74, 6) is 1.40. The molecule has 19 heavy (non-hydrogen) atoms. The van der Waals surface area contributed by atoms with Gasteiger partial charge in [0.05, 0.1) is 6.04 Å². The van der Waals surface area contributed by atoms with E-state index in [2.05, 4.69) is 34.0 Å². The third kappa shape index (κ3) is 3.99. The first-order valence-electron chi connectivity index (χ1n) is 6.85. The highest BCUT2D eigenvalue weighted by molar-refractivity contribution is 4.99. The molecule has 1 aliphatic rings. The average Bonchev–Trinajstić information content (AvgIpc) is 2.64. The molecule has 2 N–H and O–H groups in total. The van der Waals surface area contributed by atoms with Gasteiger partial charge in [-0.1, -0.05) is 5.16 Å². The van der Waals surface area contributed by atoms with Gasteiger partial charge in [-0.25, -0.2) is 0 Å². The Hall–Kier alpha value is -0.980. The molecule has 1 atom stereocenters. The van der Waals surface area contributed by atoms with Crippen LogP contribution in [0.2, 0.25) is 0 Å². The normalized spacial score (nSPS) is 23.5. The predicted molar refractivity (Wildman–Crippen MR) is 73.8 cm³/mol. The molecule has 0 bridgehead atoms. The van der Waals surface area contributed by atoms with Crippen molar-refractivity contribution in [1.82, 2.24) is 19.9 Å². The molecule has 2 heterocycles. The summed E-state index contributed by atoms with van der Waals surface area (Å²) in [4.78, 5) is 9.13. The molecular weight excluding hydrogens is 242 g/mol. The standard InChI is InChI=1S/C13H25N5O/c1-13(2,14)8-11-15-12(16-19-11)10-9-17(3)6-5-7-18(10)4/h10H,5-9,14H2,1-4H3. The van der Waals surface area contributed by atoms with E-state index in [-0.39, 0.29) is 11.6 Å². The first-order chi connectivity index (χ1) is 8.85. The van der Waals surface area contributed by atoms with Crippen LogP contribution in [0.1, 0.15) is 38.0 Å². The molecular formula is C13H25N5O. The van der Waals surface area contributed by atoms with Crippen molar-refractivity contribution in [3.05, 3.63) is 11.7 Å². The van der Waals surface area contributed by atoms with E-state index in [0.29, 0.717) is 12.3 Å². The summed E-state index contributed by atoms with van der Waals surface area (Å²) < 4.78 is 5.33. The van der Waals surface area contributed by atoms with Crippen LogP contribution in [0.4, 0.5) is 0 Å². The molecule has 6 heteroatoms. The van der Waals surface area contributed by atoms with Crippen molar-refractivity contribution in [2.45, 2.75) is 38.3 Å². The summed E-state index contributed by atoms with van der Waals surface area (Å²) in [6.45, 7) is 7.02. The van der Waals surface area contributed by atoms with Crippen LogP contribution in [0.15, 0.2) is 4.52 Å². The maximum absolute atomic E-state index is 5.98. The molecule has 1 saturated heterocycles. The molecule has 0 aromatic carbocycles. The van der Waals surface area contributed by atoms with E-state index >= 15 is 0 Å². The van der Waals surface area contributed by atoms with Crippen LogP contribution in [0.3, 0.4) is 0 Å². The molecule has 1 aromatic heterocycles. The molecule has 0 spiro atoms. The van der Waals surface area contributed by atoms with Crippen LogP contribution in [0.25, 0.3) is 0 Å². The molecule has 6 nitrogen and oxygen atoms in total. The first kappa shape index (κ1) is 14.4. The Labute approximate surface area is 114 Å². The molecule has 0 amide bonds. The Bertz CT molecular complexity index is 411. The van der Waals surface area contributed by atoms with Gasteiger partial charge in [0.2, 0.25) is 5.89 Å². The summed E-state index contributed by atoms with van der Waals surface area (Å²) in [6.07, 6.45) is 1.77. The van der Waals surface area contributed by atoms with Gasteiger partial charge in [0.25, 0.3) is 0 Å². The third-order valence-corrected chi connectivity index (χ3v) is 3.46. The first-order valence-corrected chi connectivity index (χ1v) is 6.85. The molecule has 1 aliphatic heterocycles. The largest absolute Gasteiger partial charge is 0.339 e. The lowest BCUT2D eigenvalue weighted by molar-refractivity contribution is 0.214. The fourth-order valence-corrected chi connectivity index (χ4v) is 2.42. The molecule has 0 radical (unpaired) electrons. The van der Waals surface area contributed by atoms with E-state index in [1.165, 1.54) is 6.42 Å². The number of nitrogens with zero attached hydrogens (tertiary/aromatic N) is 4. The van der Waals surface area contributed by atoms with Crippen LogP contribution in [0, 0.1) is 0 Å². The minimum absolute atomic E-state index is 0.200. The lowest BCUT2D eigenvalue weighted by Crippen LogP contribution is -2.34. The van der Waals surface area contributed by atoms with Crippen molar-refractivity contribution in [2.75, 3.05) is 33.7 Å². The number of likely N-dealkylation sites (N-methyl/N-ethyl adjacent to an activating group) is 2. The maximum Gasteiger partial charge on any atom is 0.228 e. The molecule has 2 rings (SSSR count). The van der Waals surface area contributed by atoms with Crippen LogP contribution in [-0.4, -0.2) is 59.2 Å². The topological polar surface area (TPSA) is 71.4 Å². The lowest BCUT2D eigenvalue weighted by atomic mass is 10.0. The van der Waals surface area contributed by atoms with Crippen LogP contribution in [0.5, 0.6) is 0 Å². The van der Waals surface area contributed by atoms with Gasteiger partial charge in [0.1, 0.15) is 0 Å². The van der Waals surface area contributed by atoms with Gasteiger partial charge in [0.15, 0.2) is 5.82 Å². The quantitative estimate of drug-likeness (QED) is 0.867. The summed E-state index contributed by atoms with van der Waals surface area (Å²) in [5.41, 5.74) is 5.66. The lowest BCUT2D eigenvalue weighted by Gasteiger charge is -2.24. The highest BCUT2D eigenvalue weighted by Crippen LogP contribution is 2.21. The Balaban J connectivity index is 2.11. The SMILES string of the molecule is CN1CCCN(C)C(c2noc(CC(C)(C)N)n2)C1. The molecule has 0 saturated carbocycles. The zero-order chi connectivity index (χ0) is 14.0. The van der Waals surface area contributed by atoms with Gasteiger partial charge in [0, 0.05) is 18.5 Å². The summed E-state index contributed by atoms with van der Waals surface area (Å²) in [5, 5.41) is 4.14. The Kier molecular flexibility index (Phi) is 4.23. The smallest absolute Gasteiger partial charge is 0.228 e. The van der Waals surface area contributed by atoms with Crippen LogP contribution >= 0.6 is 0 Å². The van der Waals surface area contributed by atoms with Crippen LogP contribution < -0.4 is 5.73 Å². The molecule has 1 unspecified atom stereocenters. The summed E-state index contributed by atoms with van der Waals surface area (Å²) in [7, 11) is 4.25. The van der Waals surface area contributed by atoms with Gasteiger partial charge < -0.3 is 15.2 Å². The number of hydrogen-bond acceptors (Lipinski definition) is 6. The van der Waals surface area contributed by atoms with Crippen molar-refractivity contribution >= 4 is 0 Å². The Morgan fingerprint density at radius 2 is 2.11 bits per heavy atom. The van der Waals surface area contributed by atoms with E-state index < -0.39 is 0 Å². The van der Waals surface area contributed by atoms with E-state index in [1.807, 2.05) is 13.8 Å². The second-order valence-electron chi connectivity index (χ2n) is 6.32. The van der Waals surface area contributed by atoms with Gasteiger partial charge in [-0.3, -0.25) is 4.90 Å². The minimum Gasteiger partial charge on any atom is -0.339 e. The van der Waals surface area contributed by atoms with E-state index in [1.54, 1.807) is 0 Å². The second-order valence-corrected chi connectivity index (χ2v) is 6.32. The minimum atomic E-state index is -0.323. The summed E-state index contributed by atoms with van der Waals surface area (Å²) >= 11 is 0. The Morgan fingerprint density at radius 3 is 2.79 bits per heavy atom. The predicted octanol–water partition coefficient (Wildman–Crippen LogP) is 0.658. The molecule has 1 fully saturated rings. The average molecular weight is 267 g/mol. The zero-order valence-corrected chi connectivity index (χ0v) is 12.4. The third-order valence-electron chi connectivity index (χ3n) is 3.46. The van der Waals surface area contributed by atoms with Gasteiger partial charge in [-0.05, 0) is 47.5 Å². The summed E-state index contributed by atoms with van der Waals surface area (Å²) in [6, 6.07) is 0.200. The monoisotopic (exact) mass is 267 g/mol. The van der Waals surface area contributed by atoms with Crippen molar-refractivity contribution in [3.8, 4) is 0 Å². The fourth-order valence-electron chi connectivity index (χ4n) is 2.42. The van der Waals surface area contributed by atoms with E-state index in [9.17, 15) is 0 Å². The van der Waals surface area contributed by atoms with Crippen molar-refractivity contribution in [3.63, 3.8) is 0 Å². The molecule has 0 aliphatic carbocycles. The van der Waals surface area contributed by atoms with Crippen molar-refractivity contribution in [1.29, 1.82) is 0 Å². The van der Waals surface area contributed by atoms with Gasteiger partial charge in [-0.15, -0.1) is 0 Å². The number of hydrogen-bond donors (Lipinski definition) is 1. The van der Waals surface area contributed by atoms with Gasteiger partial charge >= 0.3 is 0 Å². The Morgan fingerprint density at radius 1 is 1.37 bits per heavy atom. The highest BCUT2D eigenvalue weighted by atomic mass is 16.5. The highest BCUT2D eigenvalue weighted by Gasteiger charge is 2.27. The van der Waals surface area contributed by atoms with Crippen molar-refractivity contribution in [2.24, 2.45) is 5.73 Å². The number of aromatic nitrogens is 2. The van der Waals surface area contributed by atoms with E-state index in [4.69, 9.17) is 10.3 Å². The number of rotatable bonds is 3. The zero-order valence-electron chi connectivity index (χ0n) is 12.4. The number of nitrogens with two attached hydrogens (primary N) is 1. The van der Waals surface area contributed by atoms with Gasteiger partial charge in [-0.2, -0.15) is 4.98 Å². The molecule has 108 valence electrons. The second kappa shape index (κ2) is 5.56. The van der Waals surface area contributed by atoms with Crippen LogP contribution in [-0.2, 0) is 6.42 Å². The van der Waals surface area contributed by atoms with E-state index in [0.717, 1.165) is 25.5 Å². The van der Waals surface area contributed by atoms with Crippen molar-refractivity contribution < 1.29 is 4.52 Å². The maximum atomic E-state index is 5.98. The fraction of sp³-hybridized carbons (Fsp3) is 0.846. The molecule has 1 aromatic rings.